The first kappa shape index (κ1) is 28.2. The molecule has 3 rings (SSSR count). The molecule has 0 bridgehead atoms. The maximum absolute atomic E-state index is 12.8. The third kappa shape index (κ3) is 7.58. The summed E-state index contributed by atoms with van der Waals surface area (Å²) in [6.45, 7) is 6.84. The third-order valence-corrected chi connectivity index (χ3v) is 5.55. The number of hydrogen-bond donors (Lipinski definition) is 2. The van der Waals surface area contributed by atoms with Crippen LogP contribution in [0.25, 0.3) is 10.9 Å². The Morgan fingerprint density at radius 3 is 2.26 bits per heavy atom. The van der Waals surface area contributed by atoms with Gasteiger partial charge in [0.15, 0.2) is 0 Å². The van der Waals surface area contributed by atoms with Crippen LogP contribution >= 0.6 is 0 Å². The minimum Gasteiger partial charge on any atom is -0.467 e. The number of methoxy groups -OCH3 is 1. The fourth-order valence-corrected chi connectivity index (χ4v) is 3.73. The van der Waals surface area contributed by atoms with E-state index in [1.165, 1.54) is 18.6 Å². The molecule has 2 N–H and O–H groups in total. The number of benzene rings is 2. The summed E-state index contributed by atoms with van der Waals surface area (Å²) < 4.78 is 16.9. The normalized spacial score (nSPS) is 12.8. The average molecular weight is 524 g/mol. The van der Waals surface area contributed by atoms with Crippen molar-refractivity contribution in [1.29, 1.82) is 0 Å². The first-order valence-electron chi connectivity index (χ1n) is 12.2. The molecule has 0 radical (unpaired) electrons. The number of carbonyl (C=O) groups is 4. The van der Waals surface area contributed by atoms with Gasteiger partial charge in [-0.2, -0.15) is 0 Å². The molecule has 0 aliphatic heterocycles. The van der Waals surface area contributed by atoms with E-state index in [1.807, 2.05) is 42.5 Å². The lowest BCUT2D eigenvalue weighted by Crippen LogP contribution is -2.51. The Morgan fingerprint density at radius 1 is 0.947 bits per heavy atom. The van der Waals surface area contributed by atoms with Gasteiger partial charge in [0.1, 0.15) is 24.3 Å². The number of para-hydroxylation sites is 1. The van der Waals surface area contributed by atoms with Crippen molar-refractivity contribution in [3.8, 4) is 0 Å². The van der Waals surface area contributed by atoms with Gasteiger partial charge in [0, 0.05) is 18.0 Å². The van der Waals surface area contributed by atoms with Gasteiger partial charge < -0.3 is 24.8 Å². The zero-order valence-electron chi connectivity index (χ0n) is 22.1. The lowest BCUT2D eigenvalue weighted by Gasteiger charge is -2.20. The molecule has 2 atom stereocenters. The fourth-order valence-electron chi connectivity index (χ4n) is 3.73. The summed E-state index contributed by atoms with van der Waals surface area (Å²) >= 11 is 0. The summed E-state index contributed by atoms with van der Waals surface area (Å²) in [5.74, 6) is -1.28. The Bertz CT molecular complexity index is 1290. The Labute approximate surface area is 221 Å². The van der Waals surface area contributed by atoms with Crippen molar-refractivity contribution in [2.24, 2.45) is 0 Å². The molecule has 0 spiro atoms. The van der Waals surface area contributed by atoms with Crippen LogP contribution in [0.2, 0.25) is 0 Å². The molecule has 1 heterocycles. The molecule has 0 fully saturated rings. The minimum absolute atomic E-state index is 0.0416. The van der Waals surface area contributed by atoms with Crippen LogP contribution in [0.1, 0.15) is 38.8 Å². The van der Waals surface area contributed by atoms with E-state index in [0.29, 0.717) is 11.1 Å². The molecule has 0 aliphatic rings. The van der Waals surface area contributed by atoms with Gasteiger partial charge in [-0.25, -0.2) is 14.4 Å². The van der Waals surface area contributed by atoms with E-state index >= 15 is 0 Å². The zero-order valence-corrected chi connectivity index (χ0v) is 22.1. The van der Waals surface area contributed by atoms with Crippen LogP contribution in [0.4, 0.5) is 9.59 Å². The second-order valence-corrected chi connectivity index (χ2v) is 9.74. The largest absolute Gasteiger partial charge is 0.467 e. The van der Waals surface area contributed by atoms with Gasteiger partial charge in [0.25, 0.3) is 0 Å². The predicted octanol–water partition coefficient (Wildman–Crippen LogP) is 3.94. The molecule has 10 nitrogen and oxygen atoms in total. The van der Waals surface area contributed by atoms with Crippen LogP contribution in [0, 0.1) is 0 Å². The molecule has 38 heavy (non-hydrogen) atoms. The number of amides is 2. The highest BCUT2D eigenvalue weighted by Crippen LogP contribution is 2.24. The van der Waals surface area contributed by atoms with Gasteiger partial charge in [-0.1, -0.05) is 48.5 Å². The van der Waals surface area contributed by atoms with Crippen molar-refractivity contribution >= 4 is 35.0 Å². The highest BCUT2D eigenvalue weighted by molar-refractivity contribution is 5.93. The minimum atomic E-state index is -1.07. The fraction of sp³-hybridized carbons (Fsp3) is 0.357. The number of aromatic nitrogens is 1. The second-order valence-electron chi connectivity index (χ2n) is 9.74. The van der Waals surface area contributed by atoms with Crippen LogP contribution in [0.15, 0.2) is 60.8 Å². The molecule has 202 valence electrons. The number of carbonyl (C=O) groups excluding carboxylic acids is 4. The molecule has 1 aromatic heterocycles. The summed E-state index contributed by atoms with van der Waals surface area (Å²) in [5, 5.41) is 5.80. The SMILES string of the molecule is COC(=O)C(Cc1cn(C(=O)OC(C)(C)C)c2ccccc12)NC(=O)[C@H](C)NC(=O)OCc1ccccc1. The monoisotopic (exact) mass is 523 g/mol. The van der Waals surface area contributed by atoms with Gasteiger partial charge in [-0.15, -0.1) is 0 Å². The number of hydrogen-bond acceptors (Lipinski definition) is 7. The Hall–Kier alpha value is -4.34. The number of fused-ring (bicyclic) bond motifs is 1. The molecule has 0 saturated heterocycles. The summed E-state index contributed by atoms with van der Waals surface area (Å²) in [7, 11) is 1.22. The van der Waals surface area contributed by atoms with Crippen molar-refractivity contribution < 1.29 is 33.4 Å². The molecule has 0 aliphatic carbocycles. The van der Waals surface area contributed by atoms with E-state index < -0.39 is 41.7 Å². The van der Waals surface area contributed by atoms with Gasteiger partial charge in [-0.05, 0) is 44.9 Å². The topological polar surface area (TPSA) is 125 Å². The summed E-state index contributed by atoms with van der Waals surface area (Å²) in [6, 6.07) is 14.2. The Morgan fingerprint density at radius 2 is 1.61 bits per heavy atom. The van der Waals surface area contributed by atoms with E-state index in [0.717, 1.165) is 10.9 Å². The van der Waals surface area contributed by atoms with E-state index in [2.05, 4.69) is 10.6 Å². The summed E-state index contributed by atoms with van der Waals surface area (Å²) in [5.41, 5.74) is 1.33. The van der Waals surface area contributed by atoms with Gasteiger partial charge >= 0.3 is 18.2 Å². The van der Waals surface area contributed by atoms with Crippen molar-refractivity contribution in [3.63, 3.8) is 0 Å². The van der Waals surface area contributed by atoms with Gasteiger partial charge in [0.05, 0.1) is 12.6 Å². The van der Waals surface area contributed by atoms with Gasteiger partial charge in [0.2, 0.25) is 5.91 Å². The number of ether oxygens (including phenoxy) is 3. The number of rotatable bonds is 8. The molecule has 3 aromatic rings. The molecule has 10 heteroatoms. The third-order valence-electron chi connectivity index (χ3n) is 5.55. The van der Waals surface area contributed by atoms with Gasteiger partial charge in [-0.3, -0.25) is 9.36 Å². The highest BCUT2D eigenvalue weighted by atomic mass is 16.6. The standard InChI is InChI=1S/C28H33N3O7/c1-18(29-26(34)37-17-19-11-7-6-8-12-19)24(32)30-22(25(33)36-5)15-20-16-31(27(35)38-28(2,3)4)23-14-10-9-13-21(20)23/h6-14,16,18,22H,15,17H2,1-5H3,(H,29,34)(H,30,32)/t18-,22?/m0/s1. The van der Waals surface area contributed by atoms with Crippen LogP contribution in [0.3, 0.4) is 0 Å². The molecule has 0 saturated carbocycles. The van der Waals surface area contributed by atoms with Crippen LogP contribution < -0.4 is 10.6 Å². The lowest BCUT2D eigenvalue weighted by atomic mass is 10.0. The van der Waals surface area contributed by atoms with Crippen molar-refractivity contribution in [2.45, 2.75) is 58.4 Å². The Balaban J connectivity index is 1.71. The van der Waals surface area contributed by atoms with E-state index in [9.17, 15) is 19.2 Å². The van der Waals surface area contributed by atoms with E-state index in [-0.39, 0.29) is 13.0 Å². The maximum atomic E-state index is 12.8. The molecule has 1 unspecified atom stereocenters. The predicted molar refractivity (Wildman–Crippen MR) is 140 cm³/mol. The number of nitrogens with zero attached hydrogens (tertiary/aromatic N) is 1. The molecule has 2 aromatic carbocycles. The molecular weight excluding hydrogens is 490 g/mol. The average Bonchev–Trinajstić information content (AvgIpc) is 3.24. The van der Waals surface area contributed by atoms with E-state index in [1.54, 1.807) is 39.1 Å². The summed E-state index contributed by atoms with van der Waals surface area (Å²) in [4.78, 5) is 50.4. The highest BCUT2D eigenvalue weighted by Gasteiger charge is 2.28. The smallest absolute Gasteiger partial charge is 0.419 e. The van der Waals surface area contributed by atoms with Crippen molar-refractivity contribution in [2.75, 3.05) is 7.11 Å². The number of alkyl carbamates (subject to hydrolysis) is 1. The lowest BCUT2D eigenvalue weighted by molar-refractivity contribution is -0.145. The van der Waals surface area contributed by atoms with Crippen LogP contribution in [0.5, 0.6) is 0 Å². The van der Waals surface area contributed by atoms with Crippen LogP contribution in [-0.4, -0.2) is 53.4 Å². The van der Waals surface area contributed by atoms with E-state index in [4.69, 9.17) is 14.2 Å². The first-order valence-corrected chi connectivity index (χ1v) is 12.2. The second kappa shape index (κ2) is 12.3. The molecular formula is C28H33N3O7. The number of esters is 1. The first-order chi connectivity index (χ1) is 18.0. The Kier molecular flexibility index (Phi) is 9.11. The van der Waals surface area contributed by atoms with Crippen molar-refractivity contribution in [3.05, 3.63) is 71.9 Å². The number of nitrogens with one attached hydrogen (secondary N) is 2. The maximum Gasteiger partial charge on any atom is 0.419 e. The van der Waals surface area contributed by atoms with Crippen LogP contribution in [-0.2, 0) is 36.8 Å². The quantitative estimate of drug-likeness (QED) is 0.338. The zero-order chi connectivity index (χ0) is 27.9. The van der Waals surface area contributed by atoms with Crippen molar-refractivity contribution in [1.82, 2.24) is 15.2 Å². The molecule has 2 amide bonds. The summed E-state index contributed by atoms with van der Waals surface area (Å²) in [6.07, 6.45) is 0.292.